The SMILES string of the molecule is Cc1ccccc1.Cc1ccccc1.[B][B].[B][B].[BiH3].[BiH3]. The van der Waals surface area contributed by atoms with E-state index < -0.39 is 0 Å². The Hall–Kier alpha value is 0.466. The Bertz CT molecular complexity index is 321. The van der Waals surface area contributed by atoms with Crippen LogP contribution in [-0.4, -0.2) is 83.4 Å². The van der Waals surface area contributed by atoms with E-state index in [9.17, 15) is 0 Å². The normalized spacial score (nSPS) is 6.50. The van der Waals surface area contributed by atoms with Crippen molar-refractivity contribution in [2.45, 2.75) is 13.8 Å². The summed E-state index contributed by atoms with van der Waals surface area (Å²) in [4.78, 5) is 0. The molecule has 0 aromatic heterocycles. The predicted octanol–water partition coefficient (Wildman–Crippen LogP) is 0.0990. The van der Waals surface area contributed by atoms with Crippen LogP contribution in [0.15, 0.2) is 60.7 Å². The van der Waals surface area contributed by atoms with Gasteiger partial charge in [0, 0.05) is 30.9 Å². The van der Waals surface area contributed by atoms with Crippen molar-refractivity contribution in [3.05, 3.63) is 71.8 Å². The number of benzene rings is 2. The molecular weight excluding hydrogens is 629 g/mol. The van der Waals surface area contributed by atoms with E-state index in [1.165, 1.54) is 11.1 Å². The molecule has 0 saturated heterocycles. The molecule has 20 heavy (non-hydrogen) atoms. The van der Waals surface area contributed by atoms with Gasteiger partial charge in [0.1, 0.15) is 0 Å². The molecule has 0 heterocycles. The maximum atomic E-state index is 4.00. The first-order valence-electron chi connectivity index (χ1n) is 5.49. The van der Waals surface area contributed by atoms with Gasteiger partial charge in [-0.05, 0) is 13.8 Å². The van der Waals surface area contributed by atoms with Crippen molar-refractivity contribution in [1.82, 2.24) is 0 Å². The summed E-state index contributed by atoms with van der Waals surface area (Å²) in [6.45, 7) is 4.17. The summed E-state index contributed by atoms with van der Waals surface area (Å²) >= 11 is 0. The maximum absolute atomic E-state index is 4.00. The molecule has 0 N–H and O–H groups in total. The van der Waals surface area contributed by atoms with Crippen molar-refractivity contribution in [1.29, 1.82) is 0 Å². The van der Waals surface area contributed by atoms with Crippen LogP contribution in [0.1, 0.15) is 11.1 Å². The number of hydrogen-bond acceptors (Lipinski definition) is 0. The third kappa shape index (κ3) is 20.8. The monoisotopic (exact) mass is 652 g/mol. The standard InChI is InChI=1S/2C7H8.2B2.2Bi.6H/c2*1-7-5-3-2-4-6-7;2*1-2;;;;;;;;/h2*2-6H,1H3;;;;;;;;;;. The molecule has 0 nitrogen and oxygen atoms in total. The van der Waals surface area contributed by atoms with Crippen LogP contribution in [0.3, 0.4) is 0 Å². The Morgan fingerprint density at radius 1 is 0.500 bits per heavy atom. The van der Waals surface area contributed by atoms with E-state index >= 15 is 0 Å². The second-order valence-corrected chi connectivity index (χ2v) is 3.31. The Kier molecular flexibility index (Phi) is 35.0. The Morgan fingerprint density at radius 2 is 0.700 bits per heavy atom. The number of rotatable bonds is 0. The van der Waals surface area contributed by atoms with Gasteiger partial charge in [-0.25, -0.2) is 0 Å². The van der Waals surface area contributed by atoms with Gasteiger partial charge in [0.25, 0.3) is 0 Å². The van der Waals surface area contributed by atoms with Crippen molar-refractivity contribution in [2.75, 3.05) is 0 Å². The molecule has 0 amide bonds. The van der Waals surface area contributed by atoms with E-state index in [0.29, 0.717) is 0 Å². The van der Waals surface area contributed by atoms with E-state index in [1.807, 2.05) is 36.4 Å². The molecule has 2 aromatic rings. The van der Waals surface area contributed by atoms with Crippen molar-refractivity contribution in [3.8, 4) is 0 Å². The molecule has 0 saturated carbocycles. The zero-order valence-electron chi connectivity index (χ0n) is 12.5. The molecule has 6 heteroatoms. The van der Waals surface area contributed by atoms with Gasteiger partial charge in [0.05, 0.1) is 0 Å². The van der Waals surface area contributed by atoms with Crippen molar-refractivity contribution in [3.63, 3.8) is 0 Å². The van der Waals surface area contributed by atoms with Crippen molar-refractivity contribution < 1.29 is 0 Å². The molecule has 100 valence electrons. The van der Waals surface area contributed by atoms with Gasteiger partial charge in [-0.1, -0.05) is 71.8 Å². The summed E-state index contributed by atoms with van der Waals surface area (Å²) in [5.41, 5.74) is 2.64. The van der Waals surface area contributed by atoms with Crippen LogP contribution in [0.4, 0.5) is 0 Å². The third-order valence-electron chi connectivity index (χ3n) is 1.88. The van der Waals surface area contributed by atoms with E-state index in [1.54, 1.807) is 0 Å². The zero-order valence-corrected chi connectivity index (χ0v) is 23.5. The molecule has 8 radical (unpaired) electrons. The molecule has 0 aliphatic rings. The Morgan fingerprint density at radius 3 is 0.800 bits per heavy atom. The van der Waals surface area contributed by atoms with Crippen LogP contribution >= 0.6 is 0 Å². The summed E-state index contributed by atoms with van der Waals surface area (Å²) in [7, 11) is 16.0. The van der Waals surface area contributed by atoms with Crippen LogP contribution in [0, 0.1) is 13.8 Å². The topological polar surface area (TPSA) is 0 Å². The molecule has 0 spiro atoms. The van der Waals surface area contributed by atoms with Crippen molar-refractivity contribution >= 4 is 83.4 Å². The molecule has 2 aromatic carbocycles. The van der Waals surface area contributed by atoms with E-state index in [4.69, 9.17) is 0 Å². The average molecular weight is 652 g/mol. The molecule has 0 aliphatic heterocycles. The average Bonchev–Trinajstić information content (AvgIpc) is 2.46. The first-order chi connectivity index (χ1) is 8.79. The van der Waals surface area contributed by atoms with Gasteiger partial charge in [-0.15, -0.1) is 0 Å². The molecule has 2 rings (SSSR count). The Balaban J connectivity index is -0.0000000950. The number of aryl methyl sites for hydroxylation is 2. The summed E-state index contributed by atoms with van der Waals surface area (Å²) in [6, 6.07) is 20.5. The fourth-order valence-corrected chi connectivity index (χ4v) is 1.07. The molecule has 0 fully saturated rings. The fraction of sp³-hybridized carbons (Fsp3) is 0.143. The van der Waals surface area contributed by atoms with Crippen LogP contribution < -0.4 is 0 Å². The zero-order chi connectivity index (χ0) is 14.2. The minimum atomic E-state index is 0. The fourth-order valence-electron chi connectivity index (χ4n) is 1.07. The predicted molar refractivity (Wildman–Crippen MR) is 105 cm³/mol. The second kappa shape index (κ2) is 24.5. The van der Waals surface area contributed by atoms with E-state index in [0.717, 1.165) is 0 Å². The summed E-state index contributed by atoms with van der Waals surface area (Å²) in [6.07, 6.45) is 0. The van der Waals surface area contributed by atoms with Crippen LogP contribution in [0.5, 0.6) is 0 Å². The van der Waals surface area contributed by atoms with Gasteiger partial charge in [0.15, 0.2) is 0 Å². The van der Waals surface area contributed by atoms with E-state index in [-0.39, 0.29) is 52.4 Å². The van der Waals surface area contributed by atoms with Gasteiger partial charge in [-0.3, -0.25) is 0 Å². The first kappa shape index (κ1) is 28.6. The van der Waals surface area contributed by atoms with Gasteiger partial charge in [-0.2, -0.15) is 0 Å². The quantitative estimate of drug-likeness (QED) is 0.355. The molecule has 0 unspecified atom stereocenters. The van der Waals surface area contributed by atoms with Crippen LogP contribution in [0.25, 0.3) is 0 Å². The molecule has 0 bridgehead atoms. The van der Waals surface area contributed by atoms with Crippen LogP contribution in [-0.2, 0) is 0 Å². The molecular formula is C14H22B4Bi2. The van der Waals surface area contributed by atoms with Gasteiger partial charge < -0.3 is 0 Å². The molecule has 0 aliphatic carbocycles. The molecule has 0 atom stereocenters. The number of hydrogen-bond donors (Lipinski definition) is 0. The summed E-state index contributed by atoms with van der Waals surface area (Å²) in [5, 5.41) is 0. The first-order valence-corrected chi connectivity index (χ1v) is 5.49. The Labute approximate surface area is 167 Å². The second-order valence-electron chi connectivity index (χ2n) is 3.31. The van der Waals surface area contributed by atoms with Gasteiger partial charge in [0.2, 0.25) is 0 Å². The van der Waals surface area contributed by atoms with E-state index in [2.05, 4.69) is 69.1 Å². The summed E-state index contributed by atoms with van der Waals surface area (Å²) < 4.78 is 0. The van der Waals surface area contributed by atoms with Crippen LogP contribution in [0.2, 0.25) is 0 Å². The van der Waals surface area contributed by atoms with Gasteiger partial charge >= 0.3 is 52.4 Å². The van der Waals surface area contributed by atoms with Crippen molar-refractivity contribution in [2.24, 2.45) is 0 Å². The third-order valence-corrected chi connectivity index (χ3v) is 1.88. The summed E-state index contributed by atoms with van der Waals surface area (Å²) in [5.74, 6) is 0. The minimum absolute atomic E-state index is 0.